The summed E-state index contributed by atoms with van der Waals surface area (Å²) in [6.45, 7) is 6.72. The minimum atomic E-state index is -0.771. The molecule has 0 bridgehead atoms. The van der Waals surface area contributed by atoms with Crippen LogP contribution in [0.3, 0.4) is 0 Å². The van der Waals surface area contributed by atoms with E-state index in [9.17, 15) is 14.4 Å². The number of rotatable bonds is 70. The molecule has 0 aliphatic rings. The van der Waals surface area contributed by atoms with Crippen LogP contribution in [0.4, 0.5) is 0 Å². The molecule has 0 aromatic carbocycles. The maximum Gasteiger partial charge on any atom is 0.306 e. The molecule has 0 heterocycles. The van der Waals surface area contributed by atoms with Crippen molar-refractivity contribution in [2.75, 3.05) is 13.2 Å². The lowest BCUT2D eigenvalue weighted by Crippen LogP contribution is -2.30. The van der Waals surface area contributed by atoms with Gasteiger partial charge in [0.1, 0.15) is 13.2 Å². The fourth-order valence-corrected chi connectivity index (χ4v) is 11.6. The summed E-state index contributed by atoms with van der Waals surface area (Å²) in [4.78, 5) is 38.5. The standard InChI is InChI=1S/C76H144O6/c1-4-7-10-13-16-19-22-25-28-30-32-33-34-35-36-37-38-39-40-41-42-43-44-46-48-51-54-57-60-63-66-69-75(78)81-72-73(71-80-74(77)68-65-62-59-56-53-50-47-27-24-21-18-15-12-9-6-3)82-76(79)70-67-64-61-58-55-52-49-45-31-29-26-23-20-17-14-11-8-5-2/h27,30,32,47,73H,4-26,28-29,31,33-46,48-72H2,1-3H3/b32-30-,47-27-. The lowest BCUT2D eigenvalue weighted by atomic mass is 10.0. The summed E-state index contributed by atoms with van der Waals surface area (Å²) >= 11 is 0. The Bertz CT molecular complexity index is 1320. The van der Waals surface area contributed by atoms with Crippen molar-refractivity contribution in [1.82, 2.24) is 0 Å². The van der Waals surface area contributed by atoms with Crippen LogP contribution in [0, 0.1) is 0 Å². The topological polar surface area (TPSA) is 78.9 Å². The van der Waals surface area contributed by atoms with Crippen molar-refractivity contribution in [2.45, 2.75) is 431 Å². The molecular formula is C76H144O6. The van der Waals surface area contributed by atoms with E-state index in [1.807, 2.05) is 0 Å². The number of carbonyl (C=O) groups excluding carboxylic acids is 3. The molecule has 1 atom stereocenters. The lowest BCUT2D eigenvalue weighted by Gasteiger charge is -2.18. The van der Waals surface area contributed by atoms with Gasteiger partial charge in [0, 0.05) is 19.3 Å². The van der Waals surface area contributed by atoms with Crippen LogP contribution >= 0.6 is 0 Å². The Kier molecular flexibility index (Phi) is 69.5. The van der Waals surface area contributed by atoms with Crippen LogP contribution in [0.25, 0.3) is 0 Å². The van der Waals surface area contributed by atoms with Gasteiger partial charge < -0.3 is 14.2 Å². The zero-order chi connectivity index (χ0) is 59.2. The van der Waals surface area contributed by atoms with Crippen LogP contribution in [0.15, 0.2) is 24.3 Å². The van der Waals surface area contributed by atoms with E-state index in [2.05, 4.69) is 45.1 Å². The van der Waals surface area contributed by atoms with Crippen molar-refractivity contribution >= 4 is 17.9 Å². The Labute approximate surface area is 513 Å². The number of unbranched alkanes of at least 4 members (excludes halogenated alkanes) is 55. The van der Waals surface area contributed by atoms with Gasteiger partial charge in [-0.1, -0.05) is 360 Å². The highest BCUT2D eigenvalue weighted by atomic mass is 16.6. The van der Waals surface area contributed by atoms with Gasteiger partial charge in [-0.25, -0.2) is 0 Å². The number of hydrogen-bond acceptors (Lipinski definition) is 6. The summed E-state index contributed by atoms with van der Waals surface area (Å²) < 4.78 is 17.0. The Morgan fingerprint density at radius 2 is 0.402 bits per heavy atom. The van der Waals surface area contributed by atoms with Gasteiger partial charge in [0.2, 0.25) is 0 Å². The number of esters is 3. The van der Waals surface area contributed by atoms with Gasteiger partial charge >= 0.3 is 17.9 Å². The molecule has 6 heteroatoms. The third-order valence-corrected chi connectivity index (χ3v) is 17.2. The zero-order valence-electron chi connectivity index (χ0n) is 55.8. The van der Waals surface area contributed by atoms with Crippen molar-refractivity contribution in [1.29, 1.82) is 0 Å². The molecule has 0 fully saturated rings. The fraction of sp³-hybridized carbons (Fsp3) is 0.908. The molecule has 0 saturated carbocycles. The normalized spacial score (nSPS) is 12.1. The molecule has 0 aromatic heterocycles. The van der Waals surface area contributed by atoms with E-state index >= 15 is 0 Å². The van der Waals surface area contributed by atoms with Gasteiger partial charge in [-0.2, -0.15) is 0 Å². The molecule has 0 radical (unpaired) electrons. The molecule has 0 aliphatic heterocycles. The Morgan fingerprint density at radius 3 is 0.610 bits per heavy atom. The van der Waals surface area contributed by atoms with Crippen molar-refractivity contribution in [2.24, 2.45) is 0 Å². The second-order valence-electron chi connectivity index (χ2n) is 25.6. The monoisotopic (exact) mass is 1150 g/mol. The molecule has 484 valence electrons. The first-order valence-electron chi connectivity index (χ1n) is 37.3. The SMILES string of the molecule is CCCCCCCC/C=C\CCCCCCCC(=O)OCC(COC(=O)CCCCCCCCCCCCCCCCCCCCC/C=C\CCCCCCCCCC)OC(=O)CCCCCCCCCCCCCCCCCCCC. The van der Waals surface area contributed by atoms with Crippen LogP contribution in [0.2, 0.25) is 0 Å². The number of hydrogen-bond donors (Lipinski definition) is 0. The summed E-state index contributed by atoms with van der Waals surface area (Å²) in [7, 11) is 0. The molecule has 6 nitrogen and oxygen atoms in total. The van der Waals surface area contributed by atoms with Crippen LogP contribution in [-0.2, 0) is 28.6 Å². The molecule has 1 unspecified atom stereocenters. The van der Waals surface area contributed by atoms with E-state index in [4.69, 9.17) is 14.2 Å². The predicted octanol–water partition coefficient (Wildman–Crippen LogP) is 25.7. The van der Waals surface area contributed by atoms with Crippen LogP contribution in [0.5, 0.6) is 0 Å². The van der Waals surface area contributed by atoms with Crippen LogP contribution in [-0.4, -0.2) is 37.2 Å². The van der Waals surface area contributed by atoms with Gasteiger partial charge in [0.05, 0.1) is 0 Å². The van der Waals surface area contributed by atoms with E-state index in [0.717, 1.165) is 64.2 Å². The second-order valence-corrected chi connectivity index (χ2v) is 25.6. The Balaban J connectivity index is 4.16. The molecule has 0 amide bonds. The quantitative estimate of drug-likeness (QED) is 0.0261. The van der Waals surface area contributed by atoms with Crippen molar-refractivity contribution < 1.29 is 28.6 Å². The maximum atomic E-state index is 13.0. The van der Waals surface area contributed by atoms with Gasteiger partial charge in [-0.3, -0.25) is 14.4 Å². The summed E-state index contributed by atoms with van der Waals surface area (Å²) in [5.74, 6) is -0.841. The Hall–Kier alpha value is -2.11. The lowest BCUT2D eigenvalue weighted by molar-refractivity contribution is -0.167. The average Bonchev–Trinajstić information content (AvgIpc) is 3.47. The number of allylic oxidation sites excluding steroid dienone is 4. The fourth-order valence-electron chi connectivity index (χ4n) is 11.6. The highest BCUT2D eigenvalue weighted by Crippen LogP contribution is 2.19. The first-order valence-corrected chi connectivity index (χ1v) is 37.3. The van der Waals surface area contributed by atoms with Gasteiger partial charge in [0.25, 0.3) is 0 Å². The predicted molar refractivity (Wildman–Crippen MR) is 358 cm³/mol. The van der Waals surface area contributed by atoms with E-state index in [0.29, 0.717) is 19.3 Å². The first kappa shape index (κ1) is 79.9. The van der Waals surface area contributed by atoms with Gasteiger partial charge in [-0.05, 0) is 70.6 Å². The van der Waals surface area contributed by atoms with Crippen LogP contribution in [0.1, 0.15) is 425 Å². The third kappa shape index (κ3) is 68.7. The van der Waals surface area contributed by atoms with Crippen LogP contribution < -0.4 is 0 Å². The first-order chi connectivity index (χ1) is 40.5. The molecule has 0 aromatic rings. The molecule has 0 spiro atoms. The molecule has 0 aliphatic carbocycles. The highest BCUT2D eigenvalue weighted by Gasteiger charge is 2.20. The minimum absolute atomic E-state index is 0.0670. The van der Waals surface area contributed by atoms with Crippen molar-refractivity contribution in [3.63, 3.8) is 0 Å². The van der Waals surface area contributed by atoms with E-state index in [1.165, 1.54) is 321 Å². The molecular weight excluding hydrogens is 1010 g/mol. The number of ether oxygens (including phenoxy) is 3. The summed E-state index contributed by atoms with van der Waals surface area (Å²) in [5, 5.41) is 0. The minimum Gasteiger partial charge on any atom is -0.462 e. The second kappa shape index (κ2) is 71.4. The van der Waals surface area contributed by atoms with Gasteiger partial charge in [-0.15, -0.1) is 0 Å². The van der Waals surface area contributed by atoms with E-state index in [-0.39, 0.29) is 31.1 Å². The zero-order valence-corrected chi connectivity index (χ0v) is 55.8. The summed E-state index contributed by atoms with van der Waals surface area (Å²) in [5.41, 5.74) is 0. The van der Waals surface area contributed by atoms with Gasteiger partial charge in [0.15, 0.2) is 6.10 Å². The Morgan fingerprint density at radius 1 is 0.232 bits per heavy atom. The average molecular weight is 1150 g/mol. The smallest absolute Gasteiger partial charge is 0.306 e. The molecule has 82 heavy (non-hydrogen) atoms. The highest BCUT2D eigenvalue weighted by molar-refractivity contribution is 5.71. The maximum absolute atomic E-state index is 13.0. The third-order valence-electron chi connectivity index (χ3n) is 17.2. The van der Waals surface area contributed by atoms with Crippen molar-refractivity contribution in [3.05, 3.63) is 24.3 Å². The summed E-state index contributed by atoms with van der Waals surface area (Å²) in [6.07, 6.45) is 88.0. The largest absolute Gasteiger partial charge is 0.462 e. The number of carbonyl (C=O) groups is 3. The van der Waals surface area contributed by atoms with Crippen molar-refractivity contribution in [3.8, 4) is 0 Å². The molecule has 0 saturated heterocycles. The molecule has 0 N–H and O–H groups in total. The van der Waals surface area contributed by atoms with E-state index in [1.54, 1.807) is 0 Å². The molecule has 0 rings (SSSR count). The summed E-state index contributed by atoms with van der Waals surface area (Å²) in [6, 6.07) is 0. The van der Waals surface area contributed by atoms with E-state index < -0.39 is 6.10 Å².